The normalized spacial score (nSPS) is 11.2. The van der Waals surface area contributed by atoms with Crippen LogP contribution in [0.4, 0.5) is 0 Å². The van der Waals surface area contributed by atoms with Gasteiger partial charge < -0.3 is 0 Å². The summed E-state index contributed by atoms with van der Waals surface area (Å²) in [5, 5.41) is 9.70. The molecule has 0 saturated carbocycles. The molecule has 0 rings (SSSR count). The number of rotatable bonds is 21. The van der Waals surface area contributed by atoms with Gasteiger partial charge in [-0.15, -0.1) is 0 Å². The Bertz CT molecular complexity index is 285. The van der Waals surface area contributed by atoms with Gasteiger partial charge in [-0.1, -0.05) is 171 Å². The van der Waals surface area contributed by atoms with E-state index in [1.54, 1.807) is 31.7 Å². The van der Waals surface area contributed by atoms with Crippen LogP contribution in [0.1, 0.15) is 139 Å². The van der Waals surface area contributed by atoms with Gasteiger partial charge in [0.25, 0.3) is 28.3 Å². The monoisotopic (exact) mass is 480 g/mol. The molecule has 0 aliphatic carbocycles. The Hall–Kier alpha value is 1.06. The van der Waals surface area contributed by atoms with E-state index in [1.807, 2.05) is 0 Å². The summed E-state index contributed by atoms with van der Waals surface area (Å²) in [6.07, 6.45) is 17.7. The molecule has 0 radical (unpaired) electrons. The highest BCUT2D eigenvalue weighted by Crippen LogP contribution is 2.21. The molecule has 192 valence electrons. The minimum absolute atomic E-state index is 0.329. The minimum atomic E-state index is -0.402. The van der Waals surface area contributed by atoms with E-state index in [1.165, 1.54) is 77.0 Å². The fraction of sp³-hybridized carbons (Fsp3) is 1.00. The average molecular weight is 481 g/mol. The molecule has 0 atom stereocenters. The topological polar surface area (TPSA) is 0 Å². The van der Waals surface area contributed by atoms with E-state index >= 15 is 0 Å². The lowest BCUT2D eigenvalue weighted by atomic mass is 10.1. The summed E-state index contributed by atoms with van der Waals surface area (Å²) in [5.41, 5.74) is 0. The van der Waals surface area contributed by atoms with Crippen molar-refractivity contribution < 1.29 is 0 Å². The Morgan fingerprint density at radius 1 is 0.375 bits per heavy atom. The van der Waals surface area contributed by atoms with Crippen LogP contribution in [0, 0.1) is 17.8 Å². The minimum Gasteiger partial charge on any atom is -0.0939 e. The summed E-state index contributed by atoms with van der Waals surface area (Å²) >= 11 is -0.731. The van der Waals surface area contributed by atoms with Crippen LogP contribution in [-0.2, 0) is 0 Å². The Labute approximate surface area is 216 Å². The third-order valence-corrected chi connectivity index (χ3v) is 14.2. The predicted molar refractivity (Wildman–Crippen MR) is 157 cm³/mol. The molecule has 0 nitrogen and oxygen atoms in total. The summed E-state index contributed by atoms with van der Waals surface area (Å²) in [7, 11) is 0. The molecule has 0 aromatic rings. The van der Waals surface area contributed by atoms with Gasteiger partial charge in [0.1, 0.15) is 0 Å². The first-order valence-corrected chi connectivity index (χ1v) is 20.2. The smallest absolute Gasteiger partial charge is 0.0939 e. The fourth-order valence-corrected chi connectivity index (χ4v) is 12.4. The highest BCUT2D eigenvalue weighted by molar-refractivity contribution is 6.59. The molecule has 0 fully saturated rings. The van der Waals surface area contributed by atoms with Crippen molar-refractivity contribution in [2.75, 3.05) is 0 Å². The van der Waals surface area contributed by atoms with E-state index in [2.05, 4.69) is 62.3 Å². The maximum absolute atomic E-state index is 2.37. The van der Waals surface area contributed by atoms with Crippen LogP contribution < -0.4 is 0 Å². The van der Waals surface area contributed by atoms with Crippen molar-refractivity contribution in [1.82, 2.24) is 0 Å². The molecule has 0 aliphatic rings. The van der Waals surface area contributed by atoms with Crippen LogP contribution in [0.15, 0.2) is 0 Å². The highest BCUT2D eigenvalue weighted by atomic mass is 27.2. The summed E-state index contributed by atoms with van der Waals surface area (Å²) in [6.45, 7) is 21.2. The van der Waals surface area contributed by atoms with Gasteiger partial charge in [0, 0.05) is 0 Å². The molecular weight excluding hydrogens is 414 g/mol. The van der Waals surface area contributed by atoms with Gasteiger partial charge in [0.15, 0.2) is 0 Å². The summed E-state index contributed by atoms with van der Waals surface area (Å²) < 4.78 is 0. The lowest BCUT2D eigenvalue weighted by Crippen LogP contribution is -2.15. The van der Waals surface area contributed by atoms with E-state index in [-0.39, 0.29) is 14.1 Å². The van der Waals surface area contributed by atoms with Crippen LogP contribution >= 0.6 is 0 Å². The van der Waals surface area contributed by atoms with Crippen LogP contribution in [0.3, 0.4) is 0 Å². The lowest BCUT2D eigenvalue weighted by Gasteiger charge is -2.15. The highest BCUT2D eigenvalue weighted by Gasteiger charge is 2.18. The van der Waals surface area contributed by atoms with Crippen molar-refractivity contribution >= 4 is 28.3 Å². The second-order valence-electron chi connectivity index (χ2n) is 12.1. The Balaban J connectivity index is 0. The lowest BCUT2D eigenvalue weighted by molar-refractivity contribution is 0.592. The number of hydrogen-bond donors (Lipinski definition) is 0. The van der Waals surface area contributed by atoms with Gasteiger partial charge in [-0.05, 0) is 17.8 Å². The van der Waals surface area contributed by atoms with Crippen molar-refractivity contribution in [2.24, 2.45) is 17.8 Å². The summed E-state index contributed by atoms with van der Waals surface area (Å²) in [5.74, 6) is 2.73. The van der Waals surface area contributed by atoms with Crippen LogP contribution in [0.2, 0.25) is 31.7 Å². The van der Waals surface area contributed by atoms with Crippen LogP contribution in [-0.4, -0.2) is 28.3 Å². The third-order valence-electron chi connectivity index (χ3n) is 7.10. The van der Waals surface area contributed by atoms with Gasteiger partial charge in [-0.25, -0.2) is 0 Å². The van der Waals surface area contributed by atoms with Crippen LogP contribution in [0.5, 0.6) is 0 Å². The zero-order valence-electron chi connectivity index (χ0n) is 24.6. The largest absolute Gasteiger partial charge is 0.261 e. The zero-order valence-corrected chi connectivity index (χ0v) is 26.9. The van der Waals surface area contributed by atoms with Gasteiger partial charge in [0.05, 0.1) is 0 Å². The summed E-state index contributed by atoms with van der Waals surface area (Å²) in [4.78, 5) is 0. The first-order chi connectivity index (χ1) is 15.3. The Morgan fingerprint density at radius 3 is 0.844 bits per heavy atom. The SMILES string of the molecule is CC(C)C[CH2][Al]([CH2]CC(C)C)[CH2]CC(C)C.CCCC[CH2][Al]([CH2]CCCC)[CH2]CCCC. The van der Waals surface area contributed by atoms with Crippen LogP contribution in [0.25, 0.3) is 0 Å². The first-order valence-electron chi connectivity index (χ1n) is 15.3. The summed E-state index contributed by atoms with van der Waals surface area (Å²) in [6, 6.07) is 0. The molecule has 0 unspecified atom stereocenters. The van der Waals surface area contributed by atoms with E-state index in [0.29, 0.717) is 0 Å². The molecule has 0 aliphatic heterocycles. The molecule has 0 bridgehead atoms. The second-order valence-corrected chi connectivity index (χ2v) is 19.1. The van der Waals surface area contributed by atoms with Gasteiger partial charge in [-0.3, -0.25) is 0 Å². The van der Waals surface area contributed by atoms with Gasteiger partial charge >= 0.3 is 0 Å². The van der Waals surface area contributed by atoms with Crippen molar-refractivity contribution in [1.29, 1.82) is 0 Å². The van der Waals surface area contributed by atoms with Crippen molar-refractivity contribution in [3.63, 3.8) is 0 Å². The van der Waals surface area contributed by atoms with E-state index < -0.39 is 14.1 Å². The molecule has 0 heterocycles. The Morgan fingerprint density at radius 2 is 0.625 bits per heavy atom. The third kappa shape index (κ3) is 29.1. The molecule has 32 heavy (non-hydrogen) atoms. The van der Waals surface area contributed by atoms with Gasteiger partial charge in [-0.2, -0.15) is 0 Å². The van der Waals surface area contributed by atoms with E-state index in [4.69, 9.17) is 0 Å². The van der Waals surface area contributed by atoms with Crippen molar-refractivity contribution in [3.05, 3.63) is 0 Å². The molecule has 0 aromatic heterocycles. The van der Waals surface area contributed by atoms with Crippen molar-refractivity contribution in [2.45, 2.75) is 171 Å². The zero-order chi connectivity index (χ0) is 24.6. The standard InChI is InChI=1S/6C5H11.2Al/c3*1-4-5(2)3;3*1-3-5-4-2;;/h3*5H,1,4H2,2-3H3;3*1,3-5H2,2H3;;. The van der Waals surface area contributed by atoms with Gasteiger partial charge in [0.2, 0.25) is 0 Å². The molecule has 0 spiro atoms. The second kappa shape index (κ2) is 26.7. The molecule has 0 saturated heterocycles. The number of hydrogen-bond acceptors (Lipinski definition) is 0. The predicted octanol–water partition coefficient (Wildman–Crippen LogP) is 11.7. The first kappa shape index (κ1) is 35.2. The maximum atomic E-state index is 2.37. The quantitative estimate of drug-likeness (QED) is 0.113. The Kier molecular flexibility index (Phi) is 29.4. The number of unbranched alkanes of at least 4 members (excludes halogenated alkanes) is 6. The molecule has 2 heteroatoms. The average Bonchev–Trinajstić information content (AvgIpc) is 2.73. The molecular formula is C30H66Al2. The molecule has 0 amide bonds. The molecule has 0 N–H and O–H groups in total. The molecule has 0 aromatic carbocycles. The van der Waals surface area contributed by atoms with E-state index in [0.717, 1.165) is 17.8 Å². The van der Waals surface area contributed by atoms with Crippen molar-refractivity contribution in [3.8, 4) is 0 Å². The fourth-order valence-electron chi connectivity index (χ4n) is 4.62. The maximum Gasteiger partial charge on any atom is 0.261 e. The van der Waals surface area contributed by atoms with E-state index in [9.17, 15) is 0 Å².